The molecular weight excluding hydrogens is 304 g/mol. The number of carbonyl (C=O) groups excluding carboxylic acids is 3. The van der Waals surface area contributed by atoms with Crippen LogP contribution in [0.5, 0.6) is 0 Å². The normalized spacial score (nSPS) is 31.9. The number of hydrogen-bond donors (Lipinski definition) is 0. The van der Waals surface area contributed by atoms with Gasteiger partial charge in [-0.15, -0.1) is 0 Å². The molecule has 1 aromatic carbocycles. The highest BCUT2D eigenvalue weighted by atomic mass is 16.2. The van der Waals surface area contributed by atoms with Gasteiger partial charge in [0.15, 0.2) is 5.78 Å². The van der Waals surface area contributed by atoms with Crippen LogP contribution in [0.3, 0.4) is 0 Å². The van der Waals surface area contributed by atoms with E-state index in [0.29, 0.717) is 13.1 Å². The van der Waals surface area contributed by atoms with Gasteiger partial charge in [-0.05, 0) is 25.5 Å². The van der Waals surface area contributed by atoms with Crippen LogP contribution in [-0.2, 0) is 20.9 Å². The van der Waals surface area contributed by atoms with E-state index in [2.05, 4.69) is 6.07 Å². The summed E-state index contributed by atoms with van der Waals surface area (Å²) in [7, 11) is 0. The van der Waals surface area contributed by atoms with E-state index >= 15 is 0 Å². The van der Waals surface area contributed by atoms with Gasteiger partial charge in [0, 0.05) is 19.1 Å². The van der Waals surface area contributed by atoms with Gasteiger partial charge in [-0.25, -0.2) is 0 Å². The Morgan fingerprint density at radius 2 is 1.83 bits per heavy atom. The lowest BCUT2D eigenvalue weighted by molar-refractivity contribution is -0.142. The standard InChI is InChI=1S/C19H20N2O3/c1-3-20-18(23)15-13-7-8-14(22)17(16(15)19(20)24)21(13)10-12-6-4-5-11(2)9-12/h4-9,13,15-17H,3,10H2,1-2H3/t13-,15-,16-,17+/m0/s1. The monoisotopic (exact) mass is 324 g/mol. The van der Waals surface area contributed by atoms with Crippen molar-refractivity contribution in [2.24, 2.45) is 11.8 Å². The summed E-state index contributed by atoms with van der Waals surface area (Å²) in [5, 5.41) is 0. The van der Waals surface area contributed by atoms with Crippen molar-refractivity contribution in [3.8, 4) is 0 Å². The van der Waals surface area contributed by atoms with Crippen LogP contribution in [0.15, 0.2) is 36.4 Å². The Labute approximate surface area is 140 Å². The summed E-state index contributed by atoms with van der Waals surface area (Å²) < 4.78 is 0. The molecule has 1 aromatic rings. The quantitative estimate of drug-likeness (QED) is 0.787. The molecule has 0 N–H and O–H groups in total. The van der Waals surface area contributed by atoms with Crippen LogP contribution in [-0.4, -0.2) is 46.0 Å². The Balaban J connectivity index is 1.71. The van der Waals surface area contributed by atoms with Crippen molar-refractivity contribution >= 4 is 17.6 Å². The lowest BCUT2D eigenvalue weighted by atomic mass is 9.90. The van der Waals surface area contributed by atoms with Gasteiger partial charge < -0.3 is 0 Å². The van der Waals surface area contributed by atoms with Crippen molar-refractivity contribution < 1.29 is 14.4 Å². The Morgan fingerprint density at radius 1 is 1.08 bits per heavy atom. The molecule has 2 fully saturated rings. The highest BCUT2D eigenvalue weighted by Gasteiger charge is 2.63. The molecule has 2 amide bonds. The predicted octanol–water partition coefficient (Wildman–Crippen LogP) is 1.31. The minimum atomic E-state index is -0.533. The van der Waals surface area contributed by atoms with Gasteiger partial charge in [0.1, 0.15) is 0 Å². The number of imide groups is 1. The van der Waals surface area contributed by atoms with Gasteiger partial charge >= 0.3 is 0 Å². The van der Waals surface area contributed by atoms with Crippen molar-refractivity contribution in [2.45, 2.75) is 32.5 Å². The first-order chi connectivity index (χ1) is 11.5. The van der Waals surface area contributed by atoms with Crippen LogP contribution in [0.2, 0.25) is 0 Å². The number of fused-ring (bicyclic) bond motifs is 5. The Kier molecular flexibility index (Phi) is 3.42. The average Bonchev–Trinajstić information content (AvgIpc) is 2.92. The Hall–Kier alpha value is -2.27. The molecular formula is C19H20N2O3. The Morgan fingerprint density at radius 3 is 2.54 bits per heavy atom. The number of nitrogens with zero attached hydrogens (tertiary/aromatic N) is 2. The number of ketones is 1. The van der Waals surface area contributed by atoms with Crippen LogP contribution in [0.25, 0.3) is 0 Å². The van der Waals surface area contributed by atoms with Gasteiger partial charge in [0.2, 0.25) is 11.8 Å². The molecule has 0 spiro atoms. The third kappa shape index (κ3) is 2.01. The van der Waals surface area contributed by atoms with E-state index in [9.17, 15) is 14.4 Å². The summed E-state index contributed by atoms with van der Waals surface area (Å²) in [6, 6.07) is 7.43. The van der Waals surface area contributed by atoms with Crippen molar-refractivity contribution in [3.63, 3.8) is 0 Å². The van der Waals surface area contributed by atoms with E-state index in [1.807, 2.05) is 36.1 Å². The van der Waals surface area contributed by atoms with Crippen molar-refractivity contribution in [1.29, 1.82) is 0 Å². The molecule has 3 aliphatic rings. The van der Waals surface area contributed by atoms with E-state index in [4.69, 9.17) is 0 Å². The highest BCUT2D eigenvalue weighted by molar-refractivity contribution is 6.11. The smallest absolute Gasteiger partial charge is 0.235 e. The van der Waals surface area contributed by atoms with Crippen LogP contribution in [0.1, 0.15) is 18.1 Å². The maximum absolute atomic E-state index is 12.7. The van der Waals surface area contributed by atoms with Crippen LogP contribution >= 0.6 is 0 Å². The summed E-state index contributed by atoms with van der Waals surface area (Å²) >= 11 is 0. The first-order valence-corrected chi connectivity index (χ1v) is 8.41. The summed E-state index contributed by atoms with van der Waals surface area (Å²) in [6.45, 7) is 4.78. The number of benzene rings is 1. The van der Waals surface area contributed by atoms with Gasteiger partial charge in [-0.1, -0.05) is 35.9 Å². The molecule has 5 nitrogen and oxygen atoms in total. The highest BCUT2D eigenvalue weighted by Crippen LogP contribution is 2.46. The molecule has 5 heteroatoms. The molecule has 0 aromatic heterocycles. The number of carbonyl (C=O) groups is 3. The molecule has 4 atom stereocenters. The van der Waals surface area contributed by atoms with Crippen molar-refractivity contribution in [2.75, 3.05) is 6.54 Å². The fraction of sp³-hybridized carbons (Fsp3) is 0.421. The molecule has 2 bridgehead atoms. The topological polar surface area (TPSA) is 57.7 Å². The third-order valence-corrected chi connectivity index (χ3v) is 5.45. The molecule has 3 heterocycles. The number of rotatable bonds is 3. The van der Waals surface area contributed by atoms with Gasteiger partial charge in [0.25, 0.3) is 0 Å². The number of aryl methyl sites for hydroxylation is 1. The molecule has 0 aliphatic carbocycles. The van der Waals surface area contributed by atoms with Gasteiger partial charge in [-0.3, -0.25) is 24.2 Å². The van der Waals surface area contributed by atoms with Gasteiger partial charge in [-0.2, -0.15) is 0 Å². The molecule has 0 radical (unpaired) electrons. The summed E-state index contributed by atoms with van der Waals surface area (Å²) in [4.78, 5) is 41.2. The zero-order chi connectivity index (χ0) is 17.0. The molecule has 3 aliphatic heterocycles. The van der Waals surface area contributed by atoms with Crippen LogP contribution in [0, 0.1) is 18.8 Å². The predicted molar refractivity (Wildman–Crippen MR) is 87.8 cm³/mol. The zero-order valence-electron chi connectivity index (χ0n) is 13.8. The average molecular weight is 324 g/mol. The molecule has 2 saturated heterocycles. The van der Waals surface area contributed by atoms with Crippen molar-refractivity contribution in [1.82, 2.24) is 9.80 Å². The van der Waals surface area contributed by atoms with Crippen molar-refractivity contribution in [3.05, 3.63) is 47.5 Å². The zero-order valence-corrected chi connectivity index (χ0v) is 13.8. The van der Waals surface area contributed by atoms with E-state index in [0.717, 1.165) is 11.1 Å². The lowest BCUT2D eigenvalue weighted by Crippen LogP contribution is -2.48. The van der Waals surface area contributed by atoms with Gasteiger partial charge in [0.05, 0.1) is 17.9 Å². The molecule has 0 unspecified atom stereocenters. The summed E-state index contributed by atoms with van der Waals surface area (Å²) in [5.41, 5.74) is 2.25. The first kappa shape index (κ1) is 15.3. The van der Waals surface area contributed by atoms with Crippen LogP contribution < -0.4 is 0 Å². The number of hydrogen-bond acceptors (Lipinski definition) is 4. The molecule has 0 saturated carbocycles. The van der Waals surface area contributed by atoms with E-state index in [1.165, 1.54) is 4.90 Å². The van der Waals surface area contributed by atoms with Crippen LogP contribution in [0.4, 0.5) is 0 Å². The maximum atomic E-state index is 12.7. The minimum Gasteiger partial charge on any atom is -0.293 e. The second-order valence-electron chi connectivity index (χ2n) is 6.83. The molecule has 24 heavy (non-hydrogen) atoms. The Bertz CT molecular complexity index is 770. The second kappa shape index (κ2) is 5.38. The number of amides is 2. The first-order valence-electron chi connectivity index (χ1n) is 8.41. The lowest BCUT2D eigenvalue weighted by Gasteiger charge is -2.33. The fourth-order valence-electron chi connectivity index (χ4n) is 4.46. The molecule has 124 valence electrons. The minimum absolute atomic E-state index is 0.0643. The third-order valence-electron chi connectivity index (χ3n) is 5.45. The SMILES string of the molecule is CCN1C(=O)[C@@H]2[C@H](C1=O)[C@H]1C(=O)C=C[C@@H]2N1Cc1cccc(C)c1. The largest absolute Gasteiger partial charge is 0.293 e. The molecule has 4 rings (SSSR count). The maximum Gasteiger partial charge on any atom is 0.235 e. The number of likely N-dealkylation sites (tertiary alicyclic amines) is 1. The van der Waals surface area contributed by atoms with E-state index < -0.39 is 17.9 Å². The van der Waals surface area contributed by atoms with E-state index in [1.54, 1.807) is 13.0 Å². The fourth-order valence-corrected chi connectivity index (χ4v) is 4.46. The summed E-state index contributed by atoms with van der Waals surface area (Å²) in [5.74, 6) is -1.34. The summed E-state index contributed by atoms with van der Waals surface area (Å²) in [6.07, 6.45) is 3.36. The van der Waals surface area contributed by atoms with E-state index in [-0.39, 0.29) is 23.6 Å². The second-order valence-corrected chi connectivity index (χ2v) is 6.83.